The Morgan fingerprint density at radius 3 is 2.00 bits per heavy atom. The monoisotopic (exact) mass is 671 g/mol. The Bertz CT molecular complexity index is 1590. The summed E-state index contributed by atoms with van der Waals surface area (Å²) in [4.78, 5) is 2.53. The zero-order valence-electron chi connectivity index (χ0n) is 26.2. The van der Waals surface area contributed by atoms with Gasteiger partial charge in [0, 0.05) is 11.6 Å². The fourth-order valence-electron chi connectivity index (χ4n) is 5.00. The van der Waals surface area contributed by atoms with E-state index in [1.165, 1.54) is 12.1 Å². The zero-order chi connectivity index (χ0) is 33.6. The Labute approximate surface area is 265 Å². The lowest BCUT2D eigenvalue weighted by Crippen LogP contribution is -2.54. The topological polar surface area (TPSA) is 82.1 Å². The first-order chi connectivity index (χ1) is 20.7. The largest absolute Gasteiger partial charge is 0.483 e. The molecule has 12 heteroatoms. The van der Waals surface area contributed by atoms with E-state index in [2.05, 4.69) is 20.8 Å². The molecule has 0 bridgehead atoms. The van der Waals surface area contributed by atoms with Crippen LogP contribution in [0.1, 0.15) is 59.6 Å². The first-order valence-corrected chi connectivity index (χ1v) is 17.1. The molecule has 0 amide bonds. The second-order valence-corrected chi connectivity index (χ2v) is 16.2. The van der Waals surface area contributed by atoms with Gasteiger partial charge >= 0.3 is 15.4 Å². The minimum absolute atomic E-state index is 0.0212. The summed E-state index contributed by atoms with van der Waals surface area (Å²) in [5.41, 5.74) is 1.60. The normalized spacial score (nSPS) is 22.2. The summed E-state index contributed by atoms with van der Waals surface area (Å²) in [7, 11) is -6.45. The van der Waals surface area contributed by atoms with Crippen LogP contribution in [0.25, 0.3) is 0 Å². The number of rotatable bonds is 9. The molecule has 0 aromatic heterocycles. The number of benzene rings is 3. The van der Waals surface area contributed by atoms with Gasteiger partial charge in [0.05, 0.1) is 10.9 Å². The van der Waals surface area contributed by atoms with Crippen LogP contribution in [0.4, 0.5) is 17.6 Å². The number of hydrogen-bond acceptors (Lipinski definition) is 5. The molecule has 1 saturated heterocycles. The van der Waals surface area contributed by atoms with Gasteiger partial charge in [-0.15, -0.1) is 0 Å². The van der Waals surface area contributed by atoms with E-state index in [4.69, 9.17) is 18.8 Å². The van der Waals surface area contributed by atoms with Gasteiger partial charge in [0.15, 0.2) is 26.6 Å². The molecule has 0 saturated carbocycles. The molecule has 3 aromatic carbocycles. The van der Waals surface area contributed by atoms with Gasteiger partial charge in [0.2, 0.25) is 0 Å². The Morgan fingerprint density at radius 1 is 0.933 bits per heavy atom. The Hall–Kier alpha value is -2.64. The molecule has 1 N–H and O–H groups in total. The van der Waals surface area contributed by atoms with Crippen LogP contribution in [0.5, 0.6) is 5.75 Å². The third-order valence-electron chi connectivity index (χ3n) is 7.65. The third kappa shape index (κ3) is 7.51. The van der Waals surface area contributed by atoms with Crippen molar-refractivity contribution in [3.05, 3.63) is 83.9 Å². The van der Waals surface area contributed by atoms with Crippen molar-refractivity contribution in [2.24, 2.45) is 5.92 Å². The van der Waals surface area contributed by atoms with E-state index >= 15 is 0 Å². The minimum atomic E-state index is -5.68. The summed E-state index contributed by atoms with van der Waals surface area (Å²) in [6, 6.07) is 21.7. The lowest BCUT2D eigenvalue weighted by molar-refractivity contribution is -0.368. The van der Waals surface area contributed by atoms with Gasteiger partial charge in [0.25, 0.3) is 5.92 Å². The van der Waals surface area contributed by atoms with E-state index in [0.717, 1.165) is 27.2 Å². The molecule has 3 aromatic rings. The van der Waals surface area contributed by atoms with Gasteiger partial charge in [-0.05, 0) is 73.2 Å². The molecular weight excluding hydrogens is 632 g/mol. The summed E-state index contributed by atoms with van der Waals surface area (Å²) in [6.45, 7) is 11.4. The van der Waals surface area contributed by atoms with Crippen molar-refractivity contribution < 1.29 is 44.7 Å². The number of alkyl halides is 4. The molecule has 4 rings (SSSR count). The van der Waals surface area contributed by atoms with Crippen molar-refractivity contribution in [1.29, 1.82) is 0 Å². The van der Waals surface area contributed by atoms with Crippen molar-refractivity contribution in [2.45, 2.75) is 97.7 Å². The smallest absolute Gasteiger partial charge is 0.405 e. The molecule has 4 atom stereocenters. The van der Waals surface area contributed by atoms with Gasteiger partial charge in [-0.3, -0.25) is 4.55 Å². The van der Waals surface area contributed by atoms with Crippen LogP contribution in [0.3, 0.4) is 0 Å². The number of ether oxygens (including phenoxy) is 3. The second kappa shape index (κ2) is 12.5. The third-order valence-corrected chi connectivity index (χ3v) is 10.9. The lowest BCUT2D eigenvalue weighted by atomic mass is 9.87. The predicted octanol–water partition coefficient (Wildman–Crippen LogP) is 8.21. The summed E-state index contributed by atoms with van der Waals surface area (Å²) >= 11 is 0. The Kier molecular flexibility index (Phi) is 9.80. The van der Waals surface area contributed by atoms with Crippen LogP contribution < -0.4 is 4.74 Å². The second-order valence-electron chi connectivity index (χ2n) is 12.7. The molecule has 45 heavy (non-hydrogen) atoms. The fraction of sp³-hybridized carbons (Fsp3) is 0.455. The average molecular weight is 672 g/mol. The maximum atomic E-state index is 14.6. The highest BCUT2D eigenvalue weighted by Gasteiger charge is 2.53. The molecule has 6 nitrogen and oxygen atoms in total. The number of halogens is 4. The van der Waals surface area contributed by atoms with Crippen molar-refractivity contribution in [2.75, 3.05) is 6.61 Å². The molecule has 4 unspecified atom stereocenters. The maximum absolute atomic E-state index is 14.6. The van der Waals surface area contributed by atoms with E-state index < -0.39 is 62.7 Å². The van der Waals surface area contributed by atoms with Crippen LogP contribution in [-0.4, -0.2) is 43.0 Å². The van der Waals surface area contributed by atoms with Crippen LogP contribution in [0, 0.1) is 5.92 Å². The summed E-state index contributed by atoms with van der Waals surface area (Å²) in [5, 5.41) is -4.51. The van der Waals surface area contributed by atoms with E-state index in [0.29, 0.717) is 5.56 Å². The molecular formula is C33H39F4O6S2+. The molecule has 1 aliphatic heterocycles. The Balaban J connectivity index is 1.74. The standard InChI is InChI=1S/C33H38F4O6S2/c1-21(2)29-32(34,35)20-41-31(7,43-29)24-9-8-10-28(19-24)44(26-15-11-23(12-16-26)30(4,5)6)27-17-13-25(14-18-27)42-22(3)33(36,37)45(38,39)40/h8-19,21-22,29H,20H2,1-7H3/p+1. The maximum Gasteiger partial charge on any atom is 0.405 e. The van der Waals surface area contributed by atoms with Crippen LogP contribution in [0.2, 0.25) is 0 Å². The van der Waals surface area contributed by atoms with Gasteiger partial charge < -0.3 is 14.2 Å². The molecule has 0 radical (unpaired) electrons. The quantitative estimate of drug-likeness (QED) is 0.140. The van der Waals surface area contributed by atoms with Gasteiger partial charge in [0.1, 0.15) is 18.5 Å². The van der Waals surface area contributed by atoms with Crippen molar-refractivity contribution in [3.8, 4) is 5.75 Å². The molecule has 0 aliphatic carbocycles. The average Bonchev–Trinajstić information content (AvgIpc) is 2.95. The van der Waals surface area contributed by atoms with Crippen molar-refractivity contribution in [1.82, 2.24) is 0 Å². The lowest BCUT2D eigenvalue weighted by Gasteiger charge is -2.44. The fourth-order valence-corrected chi connectivity index (χ4v) is 7.56. The summed E-state index contributed by atoms with van der Waals surface area (Å²) < 4.78 is 105. The van der Waals surface area contributed by atoms with E-state index in [9.17, 15) is 26.0 Å². The SMILES string of the molecule is CC(C)C1OC(C)(c2cccc([S+](c3ccc(OC(C)C(F)(F)S(=O)(=O)O)cc3)c3ccc(C(C)(C)C)cc3)c2)OCC1(F)F. The van der Waals surface area contributed by atoms with Crippen LogP contribution in [-0.2, 0) is 41.7 Å². The summed E-state index contributed by atoms with van der Waals surface area (Å²) in [5.74, 6) is -5.05. The van der Waals surface area contributed by atoms with E-state index in [1.807, 2.05) is 36.4 Å². The van der Waals surface area contributed by atoms with Gasteiger partial charge in [-0.25, -0.2) is 8.78 Å². The molecule has 1 aliphatic rings. The number of hydrogen-bond donors (Lipinski definition) is 1. The summed E-state index contributed by atoms with van der Waals surface area (Å²) in [6.07, 6.45) is -3.50. The molecule has 0 spiro atoms. The first kappa shape index (κ1) is 35.2. The van der Waals surface area contributed by atoms with Gasteiger partial charge in [-0.2, -0.15) is 17.2 Å². The zero-order valence-corrected chi connectivity index (χ0v) is 27.8. The predicted molar refractivity (Wildman–Crippen MR) is 165 cm³/mol. The molecule has 1 heterocycles. The van der Waals surface area contributed by atoms with Crippen molar-refractivity contribution >= 4 is 21.0 Å². The highest BCUT2D eigenvalue weighted by atomic mass is 32.2. The van der Waals surface area contributed by atoms with E-state index in [1.54, 1.807) is 45.0 Å². The highest BCUT2D eigenvalue weighted by molar-refractivity contribution is 7.97. The van der Waals surface area contributed by atoms with Gasteiger partial charge in [-0.1, -0.05) is 58.9 Å². The first-order valence-electron chi connectivity index (χ1n) is 14.4. The minimum Gasteiger partial charge on any atom is -0.483 e. The van der Waals surface area contributed by atoms with E-state index in [-0.39, 0.29) is 11.2 Å². The van der Waals surface area contributed by atoms with Crippen LogP contribution >= 0.6 is 0 Å². The Morgan fingerprint density at radius 2 is 1.49 bits per heavy atom. The molecule has 1 fully saturated rings. The molecule has 246 valence electrons. The van der Waals surface area contributed by atoms with Crippen molar-refractivity contribution in [3.63, 3.8) is 0 Å². The highest BCUT2D eigenvalue weighted by Crippen LogP contribution is 2.43. The van der Waals surface area contributed by atoms with Crippen LogP contribution in [0.15, 0.2) is 87.5 Å².